The van der Waals surface area contributed by atoms with E-state index in [1.54, 1.807) is 28.8 Å². The standard InChI is InChI=1S/C22H14ClN3OS/c23-18-6-2-4-8-20(18)26-21(27)17-5-1-3-7-19(17)25-22(26)28-14-16-11-9-15(13-24)10-12-16/h1-12H,14H2. The minimum Gasteiger partial charge on any atom is -0.268 e. The van der Waals surface area contributed by atoms with Crippen molar-refractivity contribution in [2.45, 2.75) is 10.9 Å². The SMILES string of the molecule is N#Cc1ccc(CSc2nc3ccccc3c(=O)n2-c2ccccc2Cl)cc1. The molecule has 4 aromatic rings. The summed E-state index contributed by atoms with van der Waals surface area (Å²) in [5, 5.41) is 10.5. The highest BCUT2D eigenvalue weighted by Gasteiger charge is 2.15. The van der Waals surface area contributed by atoms with Crippen molar-refractivity contribution in [3.8, 4) is 11.8 Å². The quantitative estimate of drug-likeness (QED) is 0.347. The number of nitriles is 1. The largest absolute Gasteiger partial charge is 0.268 e. The van der Waals surface area contributed by atoms with Gasteiger partial charge in [-0.3, -0.25) is 9.36 Å². The molecule has 0 aliphatic heterocycles. The first-order chi connectivity index (χ1) is 13.7. The fourth-order valence-electron chi connectivity index (χ4n) is 2.88. The number of para-hydroxylation sites is 2. The fraction of sp³-hybridized carbons (Fsp3) is 0.0455. The van der Waals surface area contributed by atoms with E-state index in [2.05, 4.69) is 6.07 Å². The Morgan fingerprint density at radius 3 is 2.46 bits per heavy atom. The van der Waals surface area contributed by atoms with E-state index < -0.39 is 0 Å². The lowest BCUT2D eigenvalue weighted by Gasteiger charge is -2.14. The first-order valence-electron chi connectivity index (χ1n) is 8.56. The summed E-state index contributed by atoms with van der Waals surface area (Å²) in [6, 6.07) is 24.0. The number of rotatable bonds is 4. The molecular weight excluding hydrogens is 390 g/mol. The molecule has 0 spiro atoms. The molecule has 1 heterocycles. The van der Waals surface area contributed by atoms with E-state index in [4.69, 9.17) is 21.8 Å². The third-order valence-electron chi connectivity index (χ3n) is 4.29. The van der Waals surface area contributed by atoms with E-state index >= 15 is 0 Å². The highest BCUT2D eigenvalue weighted by atomic mass is 35.5. The molecule has 0 atom stereocenters. The number of hydrogen-bond acceptors (Lipinski definition) is 4. The third-order valence-corrected chi connectivity index (χ3v) is 5.62. The van der Waals surface area contributed by atoms with Gasteiger partial charge in [0.05, 0.1) is 33.2 Å². The van der Waals surface area contributed by atoms with E-state index in [1.165, 1.54) is 11.8 Å². The van der Waals surface area contributed by atoms with Crippen molar-refractivity contribution in [1.29, 1.82) is 5.26 Å². The maximum Gasteiger partial charge on any atom is 0.266 e. The summed E-state index contributed by atoms with van der Waals surface area (Å²) in [6.45, 7) is 0. The number of halogens is 1. The molecule has 0 N–H and O–H groups in total. The predicted octanol–water partition coefficient (Wildman–Crippen LogP) is 5.20. The minimum atomic E-state index is -0.152. The summed E-state index contributed by atoms with van der Waals surface area (Å²) in [4.78, 5) is 17.9. The zero-order valence-electron chi connectivity index (χ0n) is 14.7. The molecule has 0 fully saturated rings. The lowest BCUT2D eigenvalue weighted by atomic mass is 10.2. The van der Waals surface area contributed by atoms with Crippen LogP contribution in [0.1, 0.15) is 11.1 Å². The Morgan fingerprint density at radius 1 is 1.00 bits per heavy atom. The van der Waals surface area contributed by atoms with Crippen molar-refractivity contribution < 1.29 is 0 Å². The lowest BCUT2D eigenvalue weighted by molar-refractivity contribution is 0.820. The lowest BCUT2D eigenvalue weighted by Crippen LogP contribution is -2.22. The molecule has 136 valence electrons. The van der Waals surface area contributed by atoms with Gasteiger partial charge in [0.2, 0.25) is 0 Å². The molecule has 0 aliphatic rings. The molecule has 0 unspecified atom stereocenters. The van der Waals surface area contributed by atoms with Gasteiger partial charge < -0.3 is 0 Å². The van der Waals surface area contributed by atoms with Gasteiger partial charge in [0.15, 0.2) is 5.16 Å². The van der Waals surface area contributed by atoms with Crippen LogP contribution < -0.4 is 5.56 Å². The van der Waals surface area contributed by atoms with Gasteiger partial charge in [-0.1, -0.05) is 59.8 Å². The van der Waals surface area contributed by atoms with Gasteiger partial charge in [-0.05, 0) is 42.0 Å². The van der Waals surface area contributed by atoms with Crippen molar-refractivity contribution in [3.63, 3.8) is 0 Å². The predicted molar refractivity (Wildman–Crippen MR) is 113 cm³/mol. The van der Waals surface area contributed by atoms with E-state index in [9.17, 15) is 4.79 Å². The summed E-state index contributed by atoms with van der Waals surface area (Å²) in [5.74, 6) is 0.612. The maximum atomic E-state index is 13.2. The van der Waals surface area contributed by atoms with Crippen LogP contribution in [0.5, 0.6) is 0 Å². The number of benzene rings is 3. The maximum absolute atomic E-state index is 13.2. The van der Waals surface area contributed by atoms with Crippen LogP contribution >= 0.6 is 23.4 Å². The summed E-state index contributed by atoms with van der Waals surface area (Å²) < 4.78 is 1.57. The summed E-state index contributed by atoms with van der Waals surface area (Å²) >= 11 is 7.83. The molecular formula is C22H14ClN3OS. The van der Waals surface area contributed by atoms with Crippen LogP contribution in [-0.4, -0.2) is 9.55 Å². The second kappa shape index (κ2) is 7.89. The number of nitrogens with zero attached hydrogens (tertiary/aromatic N) is 3. The fourth-order valence-corrected chi connectivity index (χ4v) is 4.06. The smallest absolute Gasteiger partial charge is 0.266 e. The molecule has 0 saturated heterocycles. The highest BCUT2D eigenvalue weighted by Crippen LogP contribution is 2.27. The number of hydrogen-bond donors (Lipinski definition) is 0. The van der Waals surface area contributed by atoms with Crippen LogP contribution in [0, 0.1) is 11.3 Å². The van der Waals surface area contributed by atoms with Crippen molar-refractivity contribution >= 4 is 34.3 Å². The van der Waals surface area contributed by atoms with Crippen LogP contribution in [-0.2, 0) is 5.75 Å². The Balaban J connectivity index is 1.82. The van der Waals surface area contributed by atoms with Crippen LogP contribution in [0.25, 0.3) is 16.6 Å². The van der Waals surface area contributed by atoms with Gasteiger partial charge in [-0.2, -0.15) is 5.26 Å². The van der Waals surface area contributed by atoms with Gasteiger partial charge in [-0.15, -0.1) is 0 Å². The molecule has 4 rings (SSSR count). The van der Waals surface area contributed by atoms with Gasteiger partial charge in [0.25, 0.3) is 5.56 Å². The van der Waals surface area contributed by atoms with E-state index in [0.29, 0.717) is 38.1 Å². The van der Waals surface area contributed by atoms with E-state index in [-0.39, 0.29) is 5.56 Å². The first-order valence-corrected chi connectivity index (χ1v) is 9.92. The zero-order chi connectivity index (χ0) is 19.5. The highest BCUT2D eigenvalue weighted by molar-refractivity contribution is 7.98. The molecule has 3 aromatic carbocycles. The molecule has 1 aromatic heterocycles. The number of thioether (sulfide) groups is 1. The van der Waals surface area contributed by atoms with Crippen molar-refractivity contribution in [3.05, 3.63) is 99.3 Å². The minimum absolute atomic E-state index is 0.152. The molecule has 4 nitrogen and oxygen atoms in total. The van der Waals surface area contributed by atoms with Crippen molar-refractivity contribution in [2.24, 2.45) is 0 Å². The molecule has 0 amide bonds. The van der Waals surface area contributed by atoms with Gasteiger partial charge in [-0.25, -0.2) is 4.98 Å². The van der Waals surface area contributed by atoms with Gasteiger partial charge >= 0.3 is 0 Å². The third kappa shape index (κ3) is 3.53. The second-order valence-electron chi connectivity index (χ2n) is 6.10. The van der Waals surface area contributed by atoms with Gasteiger partial charge in [0, 0.05) is 5.75 Å². The Hall–Kier alpha value is -3.07. The number of aromatic nitrogens is 2. The average Bonchev–Trinajstić information content (AvgIpc) is 2.73. The Labute approximate surface area is 171 Å². The van der Waals surface area contributed by atoms with Crippen LogP contribution in [0.3, 0.4) is 0 Å². The van der Waals surface area contributed by atoms with E-state index in [1.807, 2.05) is 48.5 Å². The molecule has 0 saturated carbocycles. The van der Waals surface area contributed by atoms with Crippen LogP contribution in [0.2, 0.25) is 5.02 Å². The average molecular weight is 404 g/mol. The molecule has 0 bridgehead atoms. The zero-order valence-corrected chi connectivity index (χ0v) is 16.2. The van der Waals surface area contributed by atoms with E-state index in [0.717, 1.165) is 5.56 Å². The molecule has 6 heteroatoms. The van der Waals surface area contributed by atoms with Crippen LogP contribution in [0.4, 0.5) is 0 Å². The van der Waals surface area contributed by atoms with Crippen molar-refractivity contribution in [1.82, 2.24) is 9.55 Å². The Kier molecular flexibility index (Phi) is 5.16. The summed E-state index contributed by atoms with van der Waals surface area (Å²) in [5.41, 5.74) is 2.76. The van der Waals surface area contributed by atoms with Crippen LogP contribution in [0.15, 0.2) is 82.7 Å². The second-order valence-corrected chi connectivity index (χ2v) is 7.45. The monoisotopic (exact) mass is 403 g/mol. The Morgan fingerprint density at radius 2 is 1.71 bits per heavy atom. The summed E-state index contributed by atoms with van der Waals surface area (Å²) in [6.07, 6.45) is 0. The Bertz CT molecular complexity index is 1260. The topological polar surface area (TPSA) is 58.7 Å². The normalized spacial score (nSPS) is 10.7. The molecule has 0 aliphatic carbocycles. The summed E-state index contributed by atoms with van der Waals surface area (Å²) in [7, 11) is 0. The van der Waals surface area contributed by atoms with Crippen molar-refractivity contribution in [2.75, 3.05) is 0 Å². The van der Waals surface area contributed by atoms with Gasteiger partial charge in [0.1, 0.15) is 0 Å². The molecule has 28 heavy (non-hydrogen) atoms. The number of fused-ring (bicyclic) bond motifs is 1. The first kappa shape index (κ1) is 18.3. The molecule has 0 radical (unpaired) electrons.